The van der Waals surface area contributed by atoms with E-state index in [1.165, 1.54) is 30.7 Å². The topological polar surface area (TPSA) is 75.1 Å². The van der Waals surface area contributed by atoms with Crippen molar-refractivity contribution in [1.82, 2.24) is 9.97 Å². The van der Waals surface area contributed by atoms with Crippen LogP contribution in [0.25, 0.3) is 0 Å². The number of nitrogens with one attached hydrogen (secondary N) is 1. The monoisotopic (exact) mass is 215 g/mol. The Morgan fingerprint density at radius 3 is 2.88 bits per heavy atom. The molecule has 1 aromatic heterocycles. The largest absolute Gasteiger partial charge is 0.508 e. The number of benzene rings is 1. The Kier molecular flexibility index (Phi) is 2.77. The molecule has 1 aromatic carbocycles. The lowest BCUT2D eigenvalue weighted by atomic mass is 10.2. The van der Waals surface area contributed by atoms with Gasteiger partial charge in [-0.15, -0.1) is 0 Å². The van der Waals surface area contributed by atoms with Crippen molar-refractivity contribution in [3.05, 3.63) is 48.4 Å². The fourth-order valence-electron chi connectivity index (χ4n) is 1.20. The molecule has 0 saturated carbocycles. The van der Waals surface area contributed by atoms with E-state index >= 15 is 0 Å². The summed E-state index contributed by atoms with van der Waals surface area (Å²) in [6.07, 6.45) is 4.45. The molecular formula is C11H9N3O2. The molecule has 16 heavy (non-hydrogen) atoms. The number of phenols is 1. The van der Waals surface area contributed by atoms with Crippen molar-refractivity contribution < 1.29 is 9.90 Å². The predicted molar refractivity (Wildman–Crippen MR) is 58.1 cm³/mol. The predicted octanol–water partition coefficient (Wildman–Crippen LogP) is 1.43. The zero-order valence-electron chi connectivity index (χ0n) is 8.29. The lowest BCUT2D eigenvalue weighted by Gasteiger charge is -2.03. The third kappa shape index (κ3) is 2.33. The standard InChI is InChI=1S/C11H9N3O2/c15-9-3-1-2-8(6-9)11(16)14-10-7-12-4-5-13-10/h1-7,15H,(H,13,14,16). The molecule has 0 radical (unpaired) electrons. The molecule has 1 heterocycles. The van der Waals surface area contributed by atoms with E-state index in [4.69, 9.17) is 0 Å². The molecule has 0 aliphatic carbocycles. The van der Waals surface area contributed by atoms with Gasteiger partial charge in [0.1, 0.15) is 5.75 Å². The molecule has 2 N–H and O–H groups in total. The Hall–Kier alpha value is -2.43. The molecule has 0 unspecified atom stereocenters. The van der Waals surface area contributed by atoms with Gasteiger partial charge in [0.25, 0.3) is 5.91 Å². The number of anilines is 1. The fourth-order valence-corrected chi connectivity index (χ4v) is 1.20. The second-order valence-corrected chi connectivity index (χ2v) is 3.10. The van der Waals surface area contributed by atoms with Gasteiger partial charge in [0.05, 0.1) is 6.20 Å². The normalized spacial score (nSPS) is 9.75. The summed E-state index contributed by atoms with van der Waals surface area (Å²) < 4.78 is 0. The number of carbonyl (C=O) groups excluding carboxylic acids is 1. The van der Waals surface area contributed by atoms with E-state index in [0.29, 0.717) is 11.4 Å². The molecule has 1 amide bonds. The fraction of sp³-hybridized carbons (Fsp3) is 0. The summed E-state index contributed by atoms with van der Waals surface area (Å²) in [6.45, 7) is 0. The summed E-state index contributed by atoms with van der Waals surface area (Å²) in [6, 6.07) is 6.08. The third-order valence-electron chi connectivity index (χ3n) is 1.91. The van der Waals surface area contributed by atoms with Crippen LogP contribution < -0.4 is 5.32 Å². The third-order valence-corrected chi connectivity index (χ3v) is 1.91. The van der Waals surface area contributed by atoms with Crippen LogP contribution in [-0.4, -0.2) is 21.0 Å². The zero-order chi connectivity index (χ0) is 11.4. The average Bonchev–Trinajstić information content (AvgIpc) is 2.30. The first-order valence-corrected chi connectivity index (χ1v) is 4.62. The van der Waals surface area contributed by atoms with Crippen LogP contribution in [0.2, 0.25) is 0 Å². The summed E-state index contributed by atoms with van der Waals surface area (Å²) >= 11 is 0. The van der Waals surface area contributed by atoms with Gasteiger partial charge in [0, 0.05) is 18.0 Å². The Balaban J connectivity index is 2.15. The van der Waals surface area contributed by atoms with Crippen molar-refractivity contribution in [2.75, 3.05) is 5.32 Å². The Morgan fingerprint density at radius 2 is 2.19 bits per heavy atom. The lowest BCUT2D eigenvalue weighted by molar-refractivity contribution is 0.102. The Labute approximate surface area is 91.8 Å². The highest BCUT2D eigenvalue weighted by molar-refractivity contribution is 6.03. The van der Waals surface area contributed by atoms with Gasteiger partial charge in [0.15, 0.2) is 5.82 Å². The Morgan fingerprint density at radius 1 is 1.31 bits per heavy atom. The minimum Gasteiger partial charge on any atom is -0.508 e. The van der Waals surface area contributed by atoms with E-state index in [-0.39, 0.29) is 11.7 Å². The molecule has 0 aliphatic heterocycles. The summed E-state index contributed by atoms with van der Waals surface area (Å²) in [4.78, 5) is 19.4. The number of carbonyl (C=O) groups is 1. The van der Waals surface area contributed by atoms with Crippen LogP contribution in [0.5, 0.6) is 5.75 Å². The van der Waals surface area contributed by atoms with E-state index in [9.17, 15) is 9.90 Å². The summed E-state index contributed by atoms with van der Waals surface area (Å²) in [5, 5.41) is 11.8. The molecular weight excluding hydrogens is 206 g/mol. The zero-order valence-corrected chi connectivity index (χ0v) is 8.29. The summed E-state index contributed by atoms with van der Waals surface area (Å²) in [5.41, 5.74) is 0.366. The van der Waals surface area contributed by atoms with Crippen molar-refractivity contribution in [1.29, 1.82) is 0 Å². The van der Waals surface area contributed by atoms with E-state index in [2.05, 4.69) is 15.3 Å². The van der Waals surface area contributed by atoms with Gasteiger partial charge in [-0.25, -0.2) is 4.98 Å². The van der Waals surface area contributed by atoms with Crippen LogP contribution in [0.1, 0.15) is 10.4 Å². The molecule has 0 aliphatic rings. The maximum Gasteiger partial charge on any atom is 0.256 e. The average molecular weight is 215 g/mol. The quantitative estimate of drug-likeness (QED) is 0.794. The van der Waals surface area contributed by atoms with Crippen molar-refractivity contribution in [3.63, 3.8) is 0 Å². The van der Waals surface area contributed by atoms with Gasteiger partial charge in [0.2, 0.25) is 0 Å². The van der Waals surface area contributed by atoms with Gasteiger partial charge in [-0.05, 0) is 18.2 Å². The number of phenolic OH excluding ortho intramolecular Hbond substituents is 1. The number of aromatic nitrogens is 2. The van der Waals surface area contributed by atoms with Crippen LogP contribution in [0.15, 0.2) is 42.9 Å². The van der Waals surface area contributed by atoms with Gasteiger partial charge >= 0.3 is 0 Å². The van der Waals surface area contributed by atoms with Gasteiger partial charge in [-0.2, -0.15) is 0 Å². The molecule has 0 bridgehead atoms. The molecule has 2 rings (SSSR count). The highest BCUT2D eigenvalue weighted by atomic mass is 16.3. The molecule has 2 aromatic rings. The van der Waals surface area contributed by atoms with E-state index < -0.39 is 0 Å². The molecule has 0 fully saturated rings. The first kappa shape index (κ1) is 10.1. The van der Waals surface area contributed by atoms with Crippen LogP contribution >= 0.6 is 0 Å². The van der Waals surface area contributed by atoms with Crippen molar-refractivity contribution in [2.24, 2.45) is 0 Å². The Bertz CT molecular complexity index is 500. The van der Waals surface area contributed by atoms with Gasteiger partial charge in [-0.1, -0.05) is 6.07 Å². The molecule has 0 spiro atoms. The first-order valence-electron chi connectivity index (χ1n) is 4.62. The SMILES string of the molecule is O=C(Nc1cnccn1)c1cccc(O)c1. The number of amides is 1. The first-order chi connectivity index (χ1) is 7.75. The second-order valence-electron chi connectivity index (χ2n) is 3.10. The van der Waals surface area contributed by atoms with E-state index in [0.717, 1.165) is 0 Å². The highest BCUT2D eigenvalue weighted by Crippen LogP contribution is 2.12. The van der Waals surface area contributed by atoms with Gasteiger partial charge in [-0.3, -0.25) is 9.78 Å². The number of hydrogen-bond donors (Lipinski definition) is 2. The summed E-state index contributed by atoms with van der Waals surface area (Å²) in [5.74, 6) is 0.0824. The van der Waals surface area contributed by atoms with Crippen molar-refractivity contribution >= 4 is 11.7 Å². The van der Waals surface area contributed by atoms with Crippen LogP contribution in [0.3, 0.4) is 0 Å². The summed E-state index contributed by atoms with van der Waals surface area (Å²) in [7, 11) is 0. The van der Waals surface area contributed by atoms with Crippen molar-refractivity contribution in [2.45, 2.75) is 0 Å². The second kappa shape index (κ2) is 4.39. The van der Waals surface area contributed by atoms with Crippen molar-refractivity contribution in [3.8, 4) is 5.75 Å². The number of hydrogen-bond acceptors (Lipinski definition) is 4. The molecule has 0 atom stereocenters. The van der Waals surface area contributed by atoms with Crippen LogP contribution in [-0.2, 0) is 0 Å². The maximum absolute atomic E-state index is 11.7. The molecule has 80 valence electrons. The minimum absolute atomic E-state index is 0.0480. The number of rotatable bonds is 2. The molecule has 5 nitrogen and oxygen atoms in total. The van der Waals surface area contributed by atoms with Gasteiger partial charge < -0.3 is 10.4 Å². The number of aromatic hydroxyl groups is 1. The minimum atomic E-state index is -0.337. The smallest absolute Gasteiger partial charge is 0.256 e. The maximum atomic E-state index is 11.7. The highest BCUT2D eigenvalue weighted by Gasteiger charge is 2.06. The van der Waals surface area contributed by atoms with E-state index in [1.807, 2.05) is 0 Å². The van der Waals surface area contributed by atoms with E-state index in [1.54, 1.807) is 12.1 Å². The van der Waals surface area contributed by atoms with Crippen LogP contribution in [0, 0.1) is 0 Å². The molecule has 5 heteroatoms. The number of nitrogens with zero attached hydrogens (tertiary/aromatic N) is 2. The van der Waals surface area contributed by atoms with Crippen LogP contribution in [0.4, 0.5) is 5.82 Å². The molecule has 0 saturated heterocycles. The lowest BCUT2D eigenvalue weighted by Crippen LogP contribution is -2.12.